The second kappa shape index (κ2) is 7.92. The van der Waals surface area contributed by atoms with Crippen molar-refractivity contribution in [2.45, 2.75) is 25.7 Å². The second-order valence-corrected chi connectivity index (χ2v) is 8.12. The van der Waals surface area contributed by atoms with Gasteiger partial charge in [0.2, 0.25) is 5.91 Å². The monoisotopic (exact) mass is 433 g/mol. The Labute approximate surface area is 167 Å². The Balaban J connectivity index is 1.41. The highest BCUT2D eigenvalue weighted by atomic mass is 79.9. The van der Waals surface area contributed by atoms with Gasteiger partial charge >= 0.3 is 0 Å². The number of benzene rings is 1. The topological polar surface area (TPSA) is 56.6 Å². The molecule has 1 fully saturated rings. The summed E-state index contributed by atoms with van der Waals surface area (Å²) in [5, 5.41) is 0. The van der Waals surface area contributed by atoms with Gasteiger partial charge in [-0.25, -0.2) is 4.98 Å². The minimum Gasteiger partial charge on any atom is -0.486 e. The first kappa shape index (κ1) is 18.3. The molecule has 0 N–H and O–H groups in total. The Morgan fingerprint density at radius 3 is 2.81 bits per heavy atom. The van der Waals surface area contributed by atoms with Crippen molar-refractivity contribution in [3.63, 3.8) is 0 Å². The Morgan fingerprint density at radius 1 is 1.30 bits per heavy atom. The molecular formula is C20H24BrN3O3. The van der Waals surface area contributed by atoms with E-state index in [4.69, 9.17) is 9.47 Å². The van der Waals surface area contributed by atoms with Crippen LogP contribution in [0.3, 0.4) is 0 Å². The fourth-order valence-corrected chi connectivity index (χ4v) is 4.29. The number of ether oxygens (including phenoxy) is 2. The van der Waals surface area contributed by atoms with Crippen molar-refractivity contribution < 1.29 is 14.3 Å². The predicted molar refractivity (Wildman–Crippen MR) is 105 cm³/mol. The maximum absolute atomic E-state index is 12.9. The third kappa shape index (κ3) is 4.13. The Kier molecular flexibility index (Phi) is 5.38. The van der Waals surface area contributed by atoms with E-state index in [0.29, 0.717) is 25.6 Å². The molecule has 1 amide bonds. The SMILES string of the molecule is Cn1ccnc1CC1CCCN(C(=O)Cc2cc3c(cc2Br)OCCO3)C1. The molecule has 1 atom stereocenters. The summed E-state index contributed by atoms with van der Waals surface area (Å²) in [5.74, 6) is 3.17. The van der Waals surface area contributed by atoms with Crippen molar-refractivity contribution in [1.82, 2.24) is 14.5 Å². The summed E-state index contributed by atoms with van der Waals surface area (Å²) in [7, 11) is 2.02. The molecule has 1 aromatic carbocycles. The molecule has 6 nitrogen and oxygen atoms in total. The van der Waals surface area contributed by atoms with E-state index >= 15 is 0 Å². The van der Waals surface area contributed by atoms with Crippen LogP contribution in [0.5, 0.6) is 11.5 Å². The van der Waals surface area contributed by atoms with Crippen LogP contribution in [0.25, 0.3) is 0 Å². The van der Waals surface area contributed by atoms with E-state index in [1.54, 1.807) is 0 Å². The molecule has 27 heavy (non-hydrogen) atoms. The maximum Gasteiger partial charge on any atom is 0.227 e. The highest BCUT2D eigenvalue weighted by Crippen LogP contribution is 2.36. The molecule has 1 aromatic heterocycles. The first-order valence-corrected chi connectivity index (χ1v) is 10.2. The van der Waals surface area contributed by atoms with Gasteiger partial charge in [0.25, 0.3) is 0 Å². The van der Waals surface area contributed by atoms with Crippen LogP contribution in [0.15, 0.2) is 29.0 Å². The third-order valence-electron chi connectivity index (χ3n) is 5.32. The number of amides is 1. The number of piperidine rings is 1. The van der Waals surface area contributed by atoms with Gasteiger partial charge in [-0.15, -0.1) is 0 Å². The van der Waals surface area contributed by atoms with Crippen LogP contribution in [0.1, 0.15) is 24.2 Å². The molecule has 4 rings (SSSR count). The van der Waals surface area contributed by atoms with Gasteiger partial charge < -0.3 is 18.9 Å². The van der Waals surface area contributed by atoms with Crippen molar-refractivity contribution in [1.29, 1.82) is 0 Å². The van der Waals surface area contributed by atoms with E-state index in [2.05, 4.69) is 25.5 Å². The molecule has 0 aliphatic carbocycles. The molecule has 1 saturated heterocycles. The first-order chi connectivity index (χ1) is 13.1. The molecule has 0 bridgehead atoms. The molecule has 0 saturated carbocycles. The maximum atomic E-state index is 12.9. The number of carbonyl (C=O) groups is 1. The van der Waals surface area contributed by atoms with Gasteiger partial charge in [0.1, 0.15) is 19.0 Å². The zero-order valence-corrected chi connectivity index (χ0v) is 17.1. The van der Waals surface area contributed by atoms with E-state index in [0.717, 1.165) is 59.7 Å². The first-order valence-electron chi connectivity index (χ1n) is 9.42. The molecule has 2 aliphatic rings. The number of hydrogen-bond acceptors (Lipinski definition) is 4. The van der Waals surface area contributed by atoms with Gasteiger partial charge in [-0.2, -0.15) is 0 Å². The van der Waals surface area contributed by atoms with Crippen LogP contribution in [0.4, 0.5) is 0 Å². The van der Waals surface area contributed by atoms with Crippen LogP contribution in [-0.2, 0) is 24.7 Å². The summed E-state index contributed by atoms with van der Waals surface area (Å²) in [6, 6.07) is 3.82. The molecule has 2 aromatic rings. The molecule has 0 spiro atoms. The van der Waals surface area contributed by atoms with E-state index in [1.807, 2.05) is 36.5 Å². The molecule has 1 unspecified atom stereocenters. The lowest BCUT2D eigenvalue weighted by atomic mass is 9.94. The van der Waals surface area contributed by atoms with Gasteiger partial charge in [0.05, 0.1) is 6.42 Å². The van der Waals surface area contributed by atoms with E-state index in [1.165, 1.54) is 0 Å². The second-order valence-electron chi connectivity index (χ2n) is 7.27. The highest BCUT2D eigenvalue weighted by Gasteiger charge is 2.26. The lowest BCUT2D eigenvalue weighted by Crippen LogP contribution is -2.41. The molecular weight excluding hydrogens is 410 g/mol. The largest absolute Gasteiger partial charge is 0.486 e. The molecule has 7 heteroatoms. The smallest absolute Gasteiger partial charge is 0.227 e. The Hall–Kier alpha value is -2.02. The van der Waals surface area contributed by atoms with Crippen LogP contribution in [-0.4, -0.2) is 46.7 Å². The summed E-state index contributed by atoms with van der Waals surface area (Å²) < 4.78 is 14.2. The number of imidazole rings is 1. The fourth-order valence-electron chi connectivity index (χ4n) is 3.83. The standard InChI is InChI=1S/C20H24BrN3O3/c1-23-6-4-22-19(23)9-14-3-2-5-24(13-14)20(25)11-15-10-17-18(12-16(15)21)27-8-7-26-17/h4,6,10,12,14H,2-3,5,7-9,11,13H2,1H3. The van der Waals surface area contributed by atoms with E-state index in [-0.39, 0.29) is 5.91 Å². The van der Waals surface area contributed by atoms with Crippen LogP contribution in [0, 0.1) is 5.92 Å². The van der Waals surface area contributed by atoms with Crippen LogP contribution < -0.4 is 9.47 Å². The summed E-state index contributed by atoms with van der Waals surface area (Å²) in [6.07, 6.45) is 7.28. The minimum atomic E-state index is 0.164. The molecule has 3 heterocycles. The summed E-state index contributed by atoms with van der Waals surface area (Å²) in [5.41, 5.74) is 0.940. The number of hydrogen-bond donors (Lipinski definition) is 0. The van der Waals surface area contributed by atoms with Gasteiger partial charge in [0.15, 0.2) is 11.5 Å². The third-order valence-corrected chi connectivity index (χ3v) is 6.06. The Bertz CT molecular complexity index is 836. The quantitative estimate of drug-likeness (QED) is 0.743. The summed E-state index contributed by atoms with van der Waals surface area (Å²) >= 11 is 3.57. The van der Waals surface area contributed by atoms with Gasteiger partial charge in [-0.1, -0.05) is 15.9 Å². The lowest BCUT2D eigenvalue weighted by molar-refractivity contribution is -0.132. The number of halogens is 1. The van der Waals surface area contributed by atoms with Gasteiger partial charge in [-0.3, -0.25) is 4.79 Å². The van der Waals surface area contributed by atoms with Crippen molar-refractivity contribution in [3.05, 3.63) is 40.4 Å². The van der Waals surface area contributed by atoms with Crippen molar-refractivity contribution in [3.8, 4) is 11.5 Å². The number of carbonyl (C=O) groups excluding carboxylic acids is 1. The molecule has 2 aliphatic heterocycles. The summed E-state index contributed by atoms with van der Waals surface area (Å²) in [6.45, 7) is 2.73. The number of nitrogens with zero attached hydrogens (tertiary/aromatic N) is 3. The molecule has 144 valence electrons. The molecule has 0 radical (unpaired) electrons. The number of aromatic nitrogens is 2. The van der Waals surface area contributed by atoms with Crippen molar-refractivity contribution in [2.24, 2.45) is 13.0 Å². The minimum absolute atomic E-state index is 0.164. The number of rotatable bonds is 4. The normalized spacial score (nSPS) is 19.2. The summed E-state index contributed by atoms with van der Waals surface area (Å²) in [4.78, 5) is 19.3. The van der Waals surface area contributed by atoms with E-state index in [9.17, 15) is 4.79 Å². The average molecular weight is 434 g/mol. The van der Waals surface area contributed by atoms with Crippen molar-refractivity contribution >= 4 is 21.8 Å². The average Bonchev–Trinajstić information content (AvgIpc) is 3.07. The van der Waals surface area contributed by atoms with Crippen LogP contribution >= 0.6 is 15.9 Å². The lowest BCUT2D eigenvalue weighted by Gasteiger charge is -2.33. The van der Waals surface area contributed by atoms with E-state index < -0.39 is 0 Å². The van der Waals surface area contributed by atoms with Crippen molar-refractivity contribution in [2.75, 3.05) is 26.3 Å². The fraction of sp³-hybridized carbons (Fsp3) is 0.500. The van der Waals surface area contributed by atoms with Crippen LogP contribution in [0.2, 0.25) is 0 Å². The van der Waals surface area contributed by atoms with Gasteiger partial charge in [-0.05, 0) is 36.5 Å². The number of fused-ring (bicyclic) bond motifs is 1. The number of aryl methyl sites for hydroxylation is 1. The zero-order chi connectivity index (χ0) is 18.8. The predicted octanol–water partition coefficient (Wildman–Crippen LogP) is 2.98. The van der Waals surface area contributed by atoms with Gasteiger partial charge in [0, 0.05) is 43.4 Å². The number of likely N-dealkylation sites (tertiary alicyclic amines) is 1. The Morgan fingerprint density at radius 2 is 2.07 bits per heavy atom. The highest BCUT2D eigenvalue weighted by molar-refractivity contribution is 9.10. The zero-order valence-electron chi connectivity index (χ0n) is 15.5.